The Morgan fingerprint density at radius 1 is 1.14 bits per heavy atom. The maximum atomic E-state index is 4.78. The zero-order chi connectivity index (χ0) is 14.8. The summed E-state index contributed by atoms with van der Waals surface area (Å²) in [6.45, 7) is 10.0. The average molecular weight is 289 g/mol. The van der Waals surface area contributed by atoms with Crippen LogP contribution in [0.1, 0.15) is 31.2 Å². The number of hydrogen-bond acceptors (Lipinski definition) is 5. The fourth-order valence-electron chi connectivity index (χ4n) is 3.07. The summed E-state index contributed by atoms with van der Waals surface area (Å²) in [5.74, 6) is 4.01. The van der Waals surface area contributed by atoms with Crippen molar-refractivity contribution in [1.82, 2.24) is 14.9 Å². The summed E-state index contributed by atoms with van der Waals surface area (Å²) in [7, 11) is 1.94. The van der Waals surface area contributed by atoms with Gasteiger partial charge in [0.05, 0.1) is 0 Å². The van der Waals surface area contributed by atoms with Gasteiger partial charge < -0.3 is 10.2 Å². The van der Waals surface area contributed by atoms with Gasteiger partial charge in [0.25, 0.3) is 0 Å². The van der Waals surface area contributed by atoms with E-state index in [1.807, 2.05) is 7.05 Å². The highest BCUT2D eigenvalue weighted by Gasteiger charge is 2.27. The van der Waals surface area contributed by atoms with E-state index in [1.54, 1.807) is 0 Å². The second-order valence-corrected chi connectivity index (χ2v) is 6.27. The molecule has 1 saturated carbocycles. The van der Waals surface area contributed by atoms with Crippen LogP contribution >= 0.6 is 0 Å². The molecule has 1 aliphatic carbocycles. The molecular weight excluding hydrogens is 262 g/mol. The lowest BCUT2D eigenvalue weighted by molar-refractivity contribution is 0.247. The molecule has 2 fully saturated rings. The molecule has 0 aromatic carbocycles. The van der Waals surface area contributed by atoms with Crippen LogP contribution in [-0.4, -0.2) is 54.6 Å². The molecule has 0 bridgehead atoms. The van der Waals surface area contributed by atoms with Crippen LogP contribution in [0.3, 0.4) is 0 Å². The van der Waals surface area contributed by atoms with Crippen molar-refractivity contribution in [2.75, 3.05) is 50.0 Å². The maximum Gasteiger partial charge on any atom is 0.137 e. The van der Waals surface area contributed by atoms with E-state index in [0.717, 1.165) is 56.0 Å². The van der Waals surface area contributed by atoms with Crippen molar-refractivity contribution in [3.63, 3.8) is 0 Å². The standard InChI is InChI=1S/C16H27N5/c1-4-14-18-15(17-3)12(2)16(19-14)21-9-7-20(8-10-21)11-13-5-6-13/h13H,4-11H2,1-3H3,(H,17,18,19). The van der Waals surface area contributed by atoms with Gasteiger partial charge in [0, 0.05) is 51.8 Å². The van der Waals surface area contributed by atoms with Gasteiger partial charge >= 0.3 is 0 Å². The molecular formula is C16H27N5. The summed E-state index contributed by atoms with van der Waals surface area (Å²) in [5.41, 5.74) is 1.17. The minimum atomic E-state index is 0.879. The van der Waals surface area contributed by atoms with Crippen LogP contribution in [0.25, 0.3) is 0 Å². The Labute approximate surface area is 127 Å². The highest BCUT2D eigenvalue weighted by molar-refractivity contribution is 5.58. The molecule has 1 aliphatic heterocycles. The number of aromatic nitrogens is 2. The van der Waals surface area contributed by atoms with Gasteiger partial charge in [0.15, 0.2) is 0 Å². The molecule has 0 atom stereocenters. The Morgan fingerprint density at radius 3 is 2.43 bits per heavy atom. The molecule has 3 rings (SSSR count). The van der Waals surface area contributed by atoms with E-state index >= 15 is 0 Å². The van der Waals surface area contributed by atoms with E-state index in [2.05, 4.69) is 33.9 Å². The van der Waals surface area contributed by atoms with Crippen molar-refractivity contribution >= 4 is 11.6 Å². The maximum absolute atomic E-state index is 4.78. The van der Waals surface area contributed by atoms with Crippen molar-refractivity contribution in [3.05, 3.63) is 11.4 Å². The quantitative estimate of drug-likeness (QED) is 0.897. The second kappa shape index (κ2) is 6.18. The minimum absolute atomic E-state index is 0.879. The minimum Gasteiger partial charge on any atom is -0.373 e. The molecule has 0 spiro atoms. The Balaban J connectivity index is 1.71. The Bertz CT molecular complexity index is 490. The molecule has 21 heavy (non-hydrogen) atoms. The lowest BCUT2D eigenvalue weighted by Crippen LogP contribution is -2.47. The number of nitrogens with zero attached hydrogens (tertiary/aromatic N) is 4. The Hall–Kier alpha value is -1.36. The van der Waals surface area contributed by atoms with Crippen LogP contribution in [-0.2, 0) is 6.42 Å². The summed E-state index contributed by atoms with van der Waals surface area (Å²) < 4.78 is 0. The normalized spacial score (nSPS) is 19.9. The average Bonchev–Trinajstić information content (AvgIpc) is 3.32. The molecule has 2 aliphatic rings. The van der Waals surface area contributed by atoms with Gasteiger partial charge in [0.2, 0.25) is 0 Å². The van der Waals surface area contributed by atoms with Crippen molar-refractivity contribution in [2.24, 2.45) is 5.92 Å². The van der Waals surface area contributed by atoms with Crippen LogP contribution in [0, 0.1) is 12.8 Å². The van der Waals surface area contributed by atoms with Gasteiger partial charge in [-0.05, 0) is 25.7 Å². The molecule has 1 N–H and O–H groups in total. The Kier molecular flexibility index (Phi) is 4.29. The van der Waals surface area contributed by atoms with E-state index in [0.29, 0.717) is 0 Å². The fourth-order valence-corrected chi connectivity index (χ4v) is 3.07. The molecule has 1 saturated heterocycles. The predicted molar refractivity (Wildman–Crippen MR) is 87.1 cm³/mol. The fraction of sp³-hybridized carbons (Fsp3) is 0.750. The van der Waals surface area contributed by atoms with Crippen LogP contribution in [0.5, 0.6) is 0 Å². The van der Waals surface area contributed by atoms with E-state index in [9.17, 15) is 0 Å². The third-order valence-corrected chi connectivity index (χ3v) is 4.60. The van der Waals surface area contributed by atoms with Gasteiger partial charge in [-0.15, -0.1) is 0 Å². The molecule has 0 unspecified atom stereocenters. The second-order valence-electron chi connectivity index (χ2n) is 6.27. The smallest absolute Gasteiger partial charge is 0.137 e. The summed E-state index contributed by atoms with van der Waals surface area (Å²) >= 11 is 0. The van der Waals surface area contributed by atoms with E-state index in [1.165, 1.54) is 24.9 Å². The van der Waals surface area contributed by atoms with Crippen LogP contribution in [0.2, 0.25) is 0 Å². The van der Waals surface area contributed by atoms with Crippen molar-refractivity contribution in [2.45, 2.75) is 33.1 Å². The monoisotopic (exact) mass is 289 g/mol. The largest absolute Gasteiger partial charge is 0.373 e. The zero-order valence-electron chi connectivity index (χ0n) is 13.5. The summed E-state index contributed by atoms with van der Waals surface area (Å²) in [4.78, 5) is 14.4. The van der Waals surface area contributed by atoms with Crippen LogP contribution in [0.4, 0.5) is 11.6 Å². The summed E-state index contributed by atoms with van der Waals surface area (Å²) in [6.07, 6.45) is 3.76. The molecule has 2 heterocycles. The number of aryl methyl sites for hydroxylation is 1. The summed E-state index contributed by atoms with van der Waals surface area (Å²) in [6, 6.07) is 0. The first kappa shape index (κ1) is 14.6. The van der Waals surface area contributed by atoms with E-state index in [-0.39, 0.29) is 0 Å². The Morgan fingerprint density at radius 2 is 1.86 bits per heavy atom. The number of nitrogens with one attached hydrogen (secondary N) is 1. The van der Waals surface area contributed by atoms with Crippen molar-refractivity contribution in [1.29, 1.82) is 0 Å². The number of rotatable bonds is 5. The molecule has 1 aromatic heterocycles. The van der Waals surface area contributed by atoms with Gasteiger partial charge in [0.1, 0.15) is 17.5 Å². The van der Waals surface area contributed by atoms with Crippen molar-refractivity contribution in [3.8, 4) is 0 Å². The van der Waals surface area contributed by atoms with Crippen LogP contribution in [0.15, 0.2) is 0 Å². The molecule has 0 amide bonds. The van der Waals surface area contributed by atoms with Gasteiger partial charge in [-0.2, -0.15) is 0 Å². The lowest BCUT2D eigenvalue weighted by Gasteiger charge is -2.36. The first-order valence-corrected chi connectivity index (χ1v) is 8.23. The molecule has 1 aromatic rings. The number of piperazine rings is 1. The first-order valence-electron chi connectivity index (χ1n) is 8.23. The van der Waals surface area contributed by atoms with Gasteiger partial charge in [-0.25, -0.2) is 9.97 Å². The van der Waals surface area contributed by atoms with Crippen molar-refractivity contribution < 1.29 is 0 Å². The van der Waals surface area contributed by atoms with E-state index in [4.69, 9.17) is 4.98 Å². The third-order valence-electron chi connectivity index (χ3n) is 4.60. The number of anilines is 2. The zero-order valence-corrected chi connectivity index (χ0v) is 13.5. The van der Waals surface area contributed by atoms with E-state index < -0.39 is 0 Å². The molecule has 116 valence electrons. The molecule has 0 radical (unpaired) electrons. The SMILES string of the molecule is CCc1nc(NC)c(C)c(N2CCN(CC3CC3)CC2)n1. The third kappa shape index (κ3) is 3.28. The molecule has 5 heteroatoms. The highest BCUT2D eigenvalue weighted by atomic mass is 15.3. The summed E-state index contributed by atoms with van der Waals surface area (Å²) in [5, 5.41) is 3.20. The van der Waals surface area contributed by atoms with Gasteiger partial charge in [-0.1, -0.05) is 6.92 Å². The highest BCUT2D eigenvalue weighted by Crippen LogP contribution is 2.30. The lowest BCUT2D eigenvalue weighted by atomic mass is 10.2. The van der Waals surface area contributed by atoms with Crippen LogP contribution < -0.4 is 10.2 Å². The van der Waals surface area contributed by atoms with Gasteiger partial charge in [-0.3, -0.25) is 4.90 Å². The predicted octanol–water partition coefficient (Wildman–Crippen LogP) is 1.92. The molecule has 5 nitrogen and oxygen atoms in total. The first-order chi connectivity index (χ1) is 10.2. The number of hydrogen-bond donors (Lipinski definition) is 1. The topological polar surface area (TPSA) is 44.3 Å².